The molecule has 160 valence electrons. The van der Waals surface area contributed by atoms with Crippen LogP contribution >= 0.6 is 31.9 Å². The van der Waals surface area contributed by atoms with Gasteiger partial charge in [0.2, 0.25) is 0 Å². The molecule has 0 bridgehead atoms. The SMILES string of the molecule is CCOc1cccc(N2C(=O)c3cc(Br)ccc3NC2c2cc(Br)ccc2OCC)c1. The van der Waals surface area contributed by atoms with Crippen molar-refractivity contribution in [1.82, 2.24) is 0 Å². The van der Waals surface area contributed by atoms with Crippen molar-refractivity contribution >= 4 is 49.1 Å². The van der Waals surface area contributed by atoms with Gasteiger partial charge in [0.1, 0.15) is 17.7 Å². The predicted molar refractivity (Wildman–Crippen MR) is 130 cm³/mol. The topological polar surface area (TPSA) is 50.8 Å². The van der Waals surface area contributed by atoms with Crippen LogP contribution in [0.4, 0.5) is 11.4 Å². The number of hydrogen-bond donors (Lipinski definition) is 1. The number of nitrogens with zero attached hydrogens (tertiary/aromatic N) is 1. The molecule has 1 heterocycles. The number of rotatable bonds is 6. The van der Waals surface area contributed by atoms with Gasteiger partial charge >= 0.3 is 0 Å². The van der Waals surface area contributed by atoms with Gasteiger partial charge < -0.3 is 14.8 Å². The Morgan fingerprint density at radius 1 is 0.935 bits per heavy atom. The highest BCUT2D eigenvalue weighted by Gasteiger charge is 2.36. The predicted octanol–water partition coefficient (Wildman–Crippen LogP) is 6.78. The first kappa shape index (κ1) is 21.7. The van der Waals surface area contributed by atoms with E-state index in [1.807, 2.05) is 74.5 Å². The van der Waals surface area contributed by atoms with E-state index < -0.39 is 6.17 Å². The van der Waals surface area contributed by atoms with E-state index in [0.29, 0.717) is 24.5 Å². The minimum absolute atomic E-state index is 0.101. The van der Waals surface area contributed by atoms with Gasteiger partial charge in [-0.05, 0) is 62.4 Å². The molecule has 4 rings (SSSR count). The van der Waals surface area contributed by atoms with Gasteiger partial charge in [0.25, 0.3) is 5.91 Å². The number of carbonyl (C=O) groups is 1. The fourth-order valence-corrected chi connectivity index (χ4v) is 4.41. The highest BCUT2D eigenvalue weighted by molar-refractivity contribution is 9.10. The van der Waals surface area contributed by atoms with Crippen LogP contribution in [-0.4, -0.2) is 19.1 Å². The van der Waals surface area contributed by atoms with Gasteiger partial charge in [-0.2, -0.15) is 0 Å². The van der Waals surface area contributed by atoms with Crippen molar-refractivity contribution in [2.24, 2.45) is 0 Å². The molecule has 3 aromatic rings. The minimum Gasteiger partial charge on any atom is -0.494 e. The quantitative estimate of drug-likeness (QED) is 0.371. The second-order valence-electron chi connectivity index (χ2n) is 6.96. The standard InChI is InChI=1S/C24H22Br2N2O3/c1-3-30-18-7-5-6-17(14-18)28-23(20-13-16(26)9-11-22(20)31-4-2)27-21-10-8-15(25)12-19(21)24(28)29/h5-14,23,27H,3-4H2,1-2H3. The normalized spacial score (nSPS) is 15.3. The van der Waals surface area contributed by atoms with Crippen molar-refractivity contribution in [3.63, 3.8) is 0 Å². The lowest BCUT2D eigenvalue weighted by molar-refractivity contribution is 0.0974. The zero-order valence-corrected chi connectivity index (χ0v) is 20.4. The van der Waals surface area contributed by atoms with E-state index >= 15 is 0 Å². The zero-order chi connectivity index (χ0) is 22.0. The Morgan fingerprint density at radius 2 is 1.68 bits per heavy atom. The van der Waals surface area contributed by atoms with E-state index in [9.17, 15) is 4.79 Å². The molecular formula is C24H22Br2N2O3. The molecule has 0 aromatic heterocycles. The first-order valence-electron chi connectivity index (χ1n) is 10.1. The summed E-state index contributed by atoms with van der Waals surface area (Å²) in [7, 11) is 0. The number of nitrogens with one attached hydrogen (secondary N) is 1. The van der Waals surface area contributed by atoms with E-state index in [-0.39, 0.29) is 5.91 Å². The Kier molecular flexibility index (Phi) is 6.53. The summed E-state index contributed by atoms with van der Waals surface area (Å²) in [6, 6.07) is 19.1. The van der Waals surface area contributed by atoms with Crippen molar-refractivity contribution in [1.29, 1.82) is 0 Å². The Labute approximate surface area is 198 Å². The van der Waals surface area contributed by atoms with Crippen molar-refractivity contribution in [3.8, 4) is 11.5 Å². The van der Waals surface area contributed by atoms with E-state index in [4.69, 9.17) is 9.47 Å². The molecule has 1 aliphatic rings. The first-order chi connectivity index (χ1) is 15.0. The van der Waals surface area contributed by atoms with Crippen LogP contribution < -0.4 is 19.7 Å². The summed E-state index contributed by atoms with van der Waals surface area (Å²) in [6.45, 7) is 4.96. The van der Waals surface area contributed by atoms with Gasteiger partial charge in [-0.1, -0.05) is 37.9 Å². The highest BCUT2D eigenvalue weighted by Crippen LogP contribution is 2.41. The number of halogens is 2. The number of amides is 1. The van der Waals surface area contributed by atoms with Crippen LogP contribution in [0.2, 0.25) is 0 Å². The largest absolute Gasteiger partial charge is 0.494 e. The maximum atomic E-state index is 13.7. The van der Waals surface area contributed by atoms with Crippen LogP contribution in [-0.2, 0) is 0 Å². The molecule has 0 fully saturated rings. The lowest BCUT2D eigenvalue weighted by Crippen LogP contribution is -2.43. The molecule has 1 unspecified atom stereocenters. The molecule has 3 aromatic carbocycles. The average molecular weight is 546 g/mol. The van der Waals surface area contributed by atoms with Gasteiger partial charge in [-0.3, -0.25) is 9.69 Å². The molecule has 0 saturated carbocycles. The number of carbonyl (C=O) groups excluding carboxylic acids is 1. The Hall–Kier alpha value is -2.51. The molecule has 5 nitrogen and oxygen atoms in total. The van der Waals surface area contributed by atoms with E-state index in [1.165, 1.54) is 0 Å². The second-order valence-corrected chi connectivity index (χ2v) is 8.79. The van der Waals surface area contributed by atoms with Gasteiger partial charge in [0, 0.05) is 26.3 Å². The van der Waals surface area contributed by atoms with Crippen LogP contribution in [0.3, 0.4) is 0 Å². The monoisotopic (exact) mass is 544 g/mol. The van der Waals surface area contributed by atoms with Gasteiger partial charge in [0.15, 0.2) is 0 Å². The first-order valence-corrected chi connectivity index (χ1v) is 11.6. The summed E-state index contributed by atoms with van der Waals surface area (Å²) in [5.41, 5.74) is 2.97. The molecule has 0 saturated heterocycles. The smallest absolute Gasteiger partial charge is 0.262 e. The van der Waals surface area contributed by atoms with Crippen LogP contribution in [0.15, 0.2) is 69.6 Å². The second kappa shape index (κ2) is 9.32. The maximum absolute atomic E-state index is 13.7. The summed E-state index contributed by atoms with van der Waals surface area (Å²) in [6.07, 6.45) is -0.461. The number of fused-ring (bicyclic) bond motifs is 1. The third-order valence-electron chi connectivity index (χ3n) is 4.95. The van der Waals surface area contributed by atoms with Crippen LogP contribution in [0.5, 0.6) is 11.5 Å². The molecule has 31 heavy (non-hydrogen) atoms. The molecule has 0 aliphatic carbocycles. The summed E-state index contributed by atoms with van der Waals surface area (Å²) in [4.78, 5) is 15.5. The molecule has 0 radical (unpaired) electrons. The van der Waals surface area contributed by atoms with Crippen LogP contribution in [0.25, 0.3) is 0 Å². The van der Waals surface area contributed by atoms with E-state index in [1.54, 1.807) is 4.90 Å². The highest BCUT2D eigenvalue weighted by atomic mass is 79.9. The lowest BCUT2D eigenvalue weighted by Gasteiger charge is -2.39. The minimum atomic E-state index is -0.461. The number of ether oxygens (including phenoxy) is 2. The molecule has 0 spiro atoms. The average Bonchev–Trinajstić information content (AvgIpc) is 2.76. The summed E-state index contributed by atoms with van der Waals surface area (Å²) < 4.78 is 13.3. The van der Waals surface area contributed by atoms with Crippen molar-refractivity contribution in [3.05, 3.63) is 80.7 Å². The molecule has 1 aliphatic heterocycles. The van der Waals surface area contributed by atoms with Crippen molar-refractivity contribution < 1.29 is 14.3 Å². The van der Waals surface area contributed by atoms with Gasteiger partial charge in [-0.25, -0.2) is 0 Å². The fourth-order valence-electron chi connectivity index (χ4n) is 3.67. The van der Waals surface area contributed by atoms with Crippen molar-refractivity contribution in [2.45, 2.75) is 20.0 Å². The summed E-state index contributed by atoms with van der Waals surface area (Å²) in [5, 5.41) is 3.54. The maximum Gasteiger partial charge on any atom is 0.262 e. The molecule has 1 amide bonds. The molecule has 7 heteroatoms. The lowest BCUT2D eigenvalue weighted by atomic mass is 10.0. The molecule has 1 atom stereocenters. The zero-order valence-electron chi connectivity index (χ0n) is 17.2. The fraction of sp³-hybridized carbons (Fsp3) is 0.208. The Bertz CT molecular complexity index is 1120. The van der Waals surface area contributed by atoms with Gasteiger partial charge in [0.05, 0.1) is 24.5 Å². The Balaban J connectivity index is 1.89. The number of benzene rings is 3. The van der Waals surface area contributed by atoms with Crippen LogP contribution in [0.1, 0.15) is 35.9 Å². The molecule has 1 N–H and O–H groups in total. The van der Waals surface area contributed by atoms with Gasteiger partial charge in [-0.15, -0.1) is 0 Å². The van der Waals surface area contributed by atoms with Crippen LogP contribution in [0, 0.1) is 0 Å². The Morgan fingerprint density at radius 3 is 2.45 bits per heavy atom. The van der Waals surface area contributed by atoms with E-state index in [0.717, 1.165) is 31.6 Å². The number of anilines is 2. The number of hydrogen-bond acceptors (Lipinski definition) is 4. The molecular weight excluding hydrogens is 524 g/mol. The van der Waals surface area contributed by atoms with E-state index in [2.05, 4.69) is 37.2 Å². The summed E-state index contributed by atoms with van der Waals surface area (Å²) >= 11 is 7.05. The summed E-state index contributed by atoms with van der Waals surface area (Å²) in [5.74, 6) is 1.34. The third kappa shape index (κ3) is 4.43. The van der Waals surface area contributed by atoms with Crippen molar-refractivity contribution in [2.75, 3.05) is 23.4 Å². The third-order valence-corrected chi connectivity index (χ3v) is 5.94.